The quantitative estimate of drug-likeness (QED) is 0.579. The van der Waals surface area contributed by atoms with E-state index >= 15 is 0 Å². The molecule has 0 saturated heterocycles. The van der Waals surface area contributed by atoms with Crippen LogP contribution in [0.1, 0.15) is 12.5 Å². The molecule has 6 nitrogen and oxygen atoms in total. The van der Waals surface area contributed by atoms with Crippen LogP contribution in [0.15, 0.2) is 42.4 Å². The van der Waals surface area contributed by atoms with Crippen molar-refractivity contribution in [3.8, 4) is 11.5 Å². The topological polar surface area (TPSA) is 70.8 Å². The molecule has 0 fully saturated rings. The SMILES string of the molecule is [2H]c1c(COC)ccc(OCc2ccc(OC)cc2)c1[N+](=O)[O-]. The van der Waals surface area contributed by atoms with Gasteiger partial charge in [0.2, 0.25) is 0 Å². The number of hydrogen-bond acceptors (Lipinski definition) is 5. The predicted molar refractivity (Wildman–Crippen MR) is 81.1 cm³/mol. The van der Waals surface area contributed by atoms with Crippen molar-refractivity contribution in [1.82, 2.24) is 0 Å². The first-order chi connectivity index (χ1) is 11.1. The van der Waals surface area contributed by atoms with Crippen LogP contribution in [0.4, 0.5) is 5.69 Å². The van der Waals surface area contributed by atoms with E-state index in [1.165, 1.54) is 13.2 Å². The first kappa shape index (κ1) is 14.3. The Balaban J connectivity index is 2.21. The molecule has 0 aliphatic carbocycles. The van der Waals surface area contributed by atoms with Gasteiger partial charge in [0.05, 0.1) is 20.0 Å². The van der Waals surface area contributed by atoms with Crippen LogP contribution in [0.3, 0.4) is 0 Å². The zero-order chi connectivity index (χ0) is 16.8. The summed E-state index contributed by atoms with van der Waals surface area (Å²) in [5.74, 6) is 0.785. The Morgan fingerprint density at radius 1 is 1.09 bits per heavy atom. The number of benzene rings is 2. The lowest BCUT2D eigenvalue weighted by atomic mass is 10.2. The summed E-state index contributed by atoms with van der Waals surface area (Å²) in [5, 5.41) is 11.2. The molecule has 2 aromatic carbocycles. The third kappa shape index (κ3) is 3.95. The molecule has 0 spiro atoms. The Bertz CT molecular complexity index is 688. The number of hydrogen-bond donors (Lipinski definition) is 0. The molecule has 0 heterocycles. The number of rotatable bonds is 7. The molecule has 116 valence electrons. The van der Waals surface area contributed by atoms with Crippen LogP contribution in [0.5, 0.6) is 11.5 Å². The van der Waals surface area contributed by atoms with Crippen molar-refractivity contribution in [2.45, 2.75) is 13.2 Å². The molecule has 0 saturated carbocycles. The molecular formula is C16H17NO5. The van der Waals surface area contributed by atoms with Crippen LogP contribution >= 0.6 is 0 Å². The summed E-state index contributed by atoms with van der Waals surface area (Å²) >= 11 is 0. The monoisotopic (exact) mass is 304 g/mol. The van der Waals surface area contributed by atoms with E-state index in [1.54, 1.807) is 25.3 Å². The van der Waals surface area contributed by atoms with Gasteiger partial charge in [0.25, 0.3) is 0 Å². The van der Waals surface area contributed by atoms with Crippen LogP contribution in [0.2, 0.25) is 0 Å². The molecule has 0 aromatic heterocycles. The molecular weight excluding hydrogens is 286 g/mol. The number of nitro groups is 1. The van der Waals surface area contributed by atoms with Gasteiger partial charge < -0.3 is 14.2 Å². The Morgan fingerprint density at radius 2 is 1.77 bits per heavy atom. The zero-order valence-corrected chi connectivity index (χ0v) is 12.4. The van der Waals surface area contributed by atoms with E-state index in [0.29, 0.717) is 5.56 Å². The fourth-order valence-corrected chi connectivity index (χ4v) is 1.89. The Morgan fingerprint density at radius 3 is 2.36 bits per heavy atom. The lowest BCUT2D eigenvalue weighted by Gasteiger charge is -2.09. The summed E-state index contributed by atoms with van der Waals surface area (Å²) < 4.78 is 23.5. The van der Waals surface area contributed by atoms with Gasteiger partial charge in [0, 0.05) is 13.2 Å². The highest BCUT2D eigenvalue weighted by atomic mass is 16.6. The van der Waals surface area contributed by atoms with Gasteiger partial charge in [-0.15, -0.1) is 0 Å². The Labute approximate surface area is 129 Å². The highest BCUT2D eigenvalue weighted by Gasteiger charge is 2.16. The maximum atomic E-state index is 11.2. The largest absolute Gasteiger partial charge is 0.497 e. The molecule has 2 rings (SSSR count). The molecule has 0 amide bonds. The summed E-state index contributed by atoms with van der Waals surface area (Å²) in [6.45, 7) is 0.298. The van der Waals surface area contributed by atoms with Crippen LogP contribution in [-0.2, 0) is 18.0 Å². The third-order valence-electron chi connectivity index (χ3n) is 2.98. The van der Waals surface area contributed by atoms with Crippen LogP contribution in [0, 0.1) is 10.1 Å². The fourth-order valence-electron chi connectivity index (χ4n) is 1.89. The Hall–Kier alpha value is -2.60. The fraction of sp³-hybridized carbons (Fsp3) is 0.250. The minimum absolute atomic E-state index is 0.0654. The first-order valence-corrected chi connectivity index (χ1v) is 6.58. The molecule has 6 heteroatoms. The van der Waals surface area contributed by atoms with E-state index in [4.69, 9.17) is 15.6 Å². The number of ether oxygens (including phenoxy) is 3. The second-order valence-electron chi connectivity index (χ2n) is 4.52. The molecule has 0 unspecified atom stereocenters. The molecule has 0 bridgehead atoms. The highest BCUT2D eigenvalue weighted by molar-refractivity contribution is 5.48. The van der Waals surface area contributed by atoms with Gasteiger partial charge in [-0.25, -0.2) is 0 Å². The van der Waals surface area contributed by atoms with E-state index in [9.17, 15) is 10.1 Å². The Kier molecular flexibility index (Phi) is 4.84. The average Bonchev–Trinajstić information content (AvgIpc) is 2.55. The van der Waals surface area contributed by atoms with Gasteiger partial charge in [-0.2, -0.15) is 0 Å². The van der Waals surface area contributed by atoms with E-state index < -0.39 is 4.92 Å². The van der Waals surface area contributed by atoms with E-state index in [-0.39, 0.29) is 30.7 Å². The van der Waals surface area contributed by atoms with Crippen LogP contribution in [-0.4, -0.2) is 19.1 Å². The standard InChI is InChI=1S/C16H17NO5/c1-20-10-13-5-8-16(15(9-13)17(18)19)22-11-12-3-6-14(21-2)7-4-12/h3-9H,10-11H2,1-2H3/i9D. The van der Waals surface area contributed by atoms with Gasteiger partial charge >= 0.3 is 5.69 Å². The van der Waals surface area contributed by atoms with Crippen molar-refractivity contribution in [1.29, 1.82) is 0 Å². The van der Waals surface area contributed by atoms with Crippen molar-refractivity contribution in [3.63, 3.8) is 0 Å². The molecule has 0 aliphatic heterocycles. The third-order valence-corrected chi connectivity index (χ3v) is 2.98. The molecule has 0 N–H and O–H groups in total. The molecule has 0 aliphatic rings. The highest BCUT2D eigenvalue weighted by Crippen LogP contribution is 2.29. The number of nitro benzene ring substituents is 1. The van der Waals surface area contributed by atoms with Crippen LogP contribution in [0.25, 0.3) is 0 Å². The minimum Gasteiger partial charge on any atom is -0.497 e. The molecule has 2 aromatic rings. The first-order valence-electron chi connectivity index (χ1n) is 7.08. The van der Waals surface area contributed by atoms with Gasteiger partial charge in [-0.1, -0.05) is 18.2 Å². The number of methoxy groups -OCH3 is 2. The summed E-state index contributed by atoms with van der Waals surface area (Å²) in [6.07, 6.45) is 0. The smallest absolute Gasteiger partial charge is 0.311 e. The maximum absolute atomic E-state index is 11.2. The van der Waals surface area contributed by atoms with Crippen molar-refractivity contribution >= 4 is 5.69 Å². The number of nitrogens with zero attached hydrogens (tertiary/aromatic N) is 1. The second kappa shape index (κ2) is 7.42. The van der Waals surface area contributed by atoms with E-state index in [0.717, 1.165) is 11.3 Å². The van der Waals surface area contributed by atoms with Crippen molar-refractivity contribution < 1.29 is 20.5 Å². The van der Waals surface area contributed by atoms with Crippen LogP contribution < -0.4 is 9.47 Å². The second-order valence-corrected chi connectivity index (χ2v) is 4.52. The lowest BCUT2D eigenvalue weighted by molar-refractivity contribution is -0.386. The summed E-state index contributed by atoms with van der Waals surface area (Å²) in [7, 11) is 3.05. The van der Waals surface area contributed by atoms with Gasteiger partial charge in [0.1, 0.15) is 12.4 Å². The molecule has 0 atom stereocenters. The summed E-state index contributed by atoms with van der Waals surface area (Å²) in [5.41, 5.74) is 0.927. The zero-order valence-electron chi connectivity index (χ0n) is 13.4. The summed E-state index contributed by atoms with van der Waals surface area (Å²) in [4.78, 5) is 10.6. The van der Waals surface area contributed by atoms with E-state index in [2.05, 4.69) is 0 Å². The molecule has 0 radical (unpaired) electrons. The van der Waals surface area contributed by atoms with Gasteiger partial charge in [-0.3, -0.25) is 10.1 Å². The van der Waals surface area contributed by atoms with Gasteiger partial charge in [-0.05, 0) is 29.3 Å². The van der Waals surface area contributed by atoms with E-state index in [1.807, 2.05) is 12.1 Å². The van der Waals surface area contributed by atoms with Crippen molar-refractivity contribution in [3.05, 3.63) is 63.7 Å². The summed E-state index contributed by atoms with van der Waals surface area (Å²) in [6, 6.07) is 10.1. The van der Waals surface area contributed by atoms with Crippen molar-refractivity contribution in [2.75, 3.05) is 14.2 Å². The lowest BCUT2D eigenvalue weighted by Crippen LogP contribution is -2.00. The minimum atomic E-state index is -0.606. The average molecular weight is 304 g/mol. The maximum Gasteiger partial charge on any atom is 0.311 e. The molecule has 22 heavy (non-hydrogen) atoms. The predicted octanol–water partition coefficient (Wildman–Crippen LogP) is 3.33. The van der Waals surface area contributed by atoms with Crippen molar-refractivity contribution in [2.24, 2.45) is 0 Å². The normalized spacial score (nSPS) is 10.9. The van der Waals surface area contributed by atoms with Gasteiger partial charge in [0.15, 0.2) is 5.75 Å².